The molecule has 0 spiro atoms. The average molecular weight is 162 g/mol. The van der Waals surface area contributed by atoms with Crippen LogP contribution in [0.25, 0.3) is 0 Å². The Labute approximate surface area is 63.2 Å². The standard InChI is InChI=1S/C6H10O5/c7-2-4(9)1-5(10)6(11)3-8/h1,4,7-10H,2-3H2. The highest BCUT2D eigenvalue weighted by molar-refractivity contribution is 5.93. The molecule has 0 radical (unpaired) electrons. The Bertz CT molecular complexity index is 162. The number of ketones is 1. The predicted molar refractivity (Wildman–Crippen MR) is 35.9 cm³/mol. The molecule has 0 aromatic carbocycles. The first kappa shape index (κ1) is 10.1. The lowest BCUT2D eigenvalue weighted by Gasteiger charge is -2.00. The molecule has 0 bridgehead atoms. The molecule has 0 aliphatic carbocycles. The van der Waals surface area contributed by atoms with Gasteiger partial charge in [0.2, 0.25) is 5.78 Å². The minimum absolute atomic E-state index is 0.581. The quantitative estimate of drug-likeness (QED) is 0.293. The largest absolute Gasteiger partial charge is 0.504 e. The molecule has 5 heteroatoms. The molecule has 0 aromatic rings. The summed E-state index contributed by atoms with van der Waals surface area (Å²) in [6, 6.07) is 0. The number of aliphatic hydroxyl groups excluding tert-OH is 4. The van der Waals surface area contributed by atoms with E-state index in [1.54, 1.807) is 0 Å². The predicted octanol–water partition coefficient (Wildman–Crippen LogP) is -1.66. The van der Waals surface area contributed by atoms with Gasteiger partial charge in [-0.15, -0.1) is 0 Å². The molecule has 0 fully saturated rings. The molecular weight excluding hydrogens is 152 g/mol. The molecule has 0 aliphatic rings. The highest BCUT2D eigenvalue weighted by atomic mass is 16.3. The van der Waals surface area contributed by atoms with Crippen LogP contribution in [0.4, 0.5) is 0 Å². The third-order valence-electron chi connectivity index (χ3n) is 0.967. The fraction of sp³-hybridized carbons (Fsp3) is 0.500. The zero-order valence-electron chi connectivity index (χ0n) is 5.77. The number of aliphatic hydroxyl groups is 4. The van der Waals surface area contributed by atoms with Gasteiger partial charge in [-0.2, -0.15) is 0 Å². The van der Waals surface area contributed by atoms with Crippen molar-refractivity contribution >= 4 is 5.78 Å². The number of carbonyl (C=O) groups excluding carboxylic acids is 1. The monoisotopic (exact) mass is 162 g/mol. The van der Waals surface area contributed by atoms with Crippen molar-refractivity contribution in [2.24, 2.45) is 0 Å². The Balaban J connectivity index is 4.09. The van der Waals surface area contributed by atoms with Crippen LogP contribution in [0.15, 0.2) is 11.8 Å². The Morgan fingerprint density at radius 1 is 1.45 bits per heavy atom. The lowest BCUT2D eigenvalue weighted by Crippen LogP contribution is -2.14. The fourth-order valence-electron chi connectivity index (χ4n) is 0.409. The van der Waals surface area contributed by atoms with Crippen LogP contribution < -0.4 is 0 Å². The van der Waals surface area contributed by atoms with Crippen molar-refractivity contribution in [1.29, 1.82) is 0 Å². The van der Waals surface area contributed by atoms with E-state index in [2.05, 4.69) is 0 Å². The van der Waals surface area contributed by atoms with Crippen LogP contribution >= 0.6 is 0 Å². The highest BCUT2D eigenvalue weighted by Crippen LogP contribution is 1.93. The summed E-state index contributed by atoms with van der Waals surface area (Å²) in [5.74, 6) is -1.63. The van der Waals surface area contributed by atoms with E-state index in [-0.39, 0.29) is 0 Å². The molecule has 0 rings (SSSR count). The van der Waals surface area contributed by atoms with Crippen molar-refractivity contribution in [1.82, 2.24) is 0 Å². The van der Waals surface area contributed by atoms with Crippen molar-refractivity contribution in [3.8, 4) is 0 Å². The maximum atomic E-state index is 10.4. The van der Waals surface area contributed by atoms with Gasteiger partial charge in [-0.3, -0.25) is 4.79 Å². The maximum absolute atomic E-state index is 10.4. The van der Waals surface area contributed by atoms with Gasteiger partial charge in [0.15, 0.2) is 5.76 Å². The van der Waals surface area contributed by atoms with Gasteiger partial charge in [0.25, 0.3) is 0 Å². The second-order valence-electron chi connectivity index (χ2n) is 1.88. The van der Waals surface area contributed by atoms with Gasteiger partial charge in [-0.05, 0) is 6.08 Å². The van der Waals surface area contributed by atoms with E-state index in [1.165, 1.54) is 0 Å². The Morgan fingerprint density at radius 2 is 2.00 bits per heavy atom. The van der Waals surface area contributed by atoms with Crippen LogP contribution in [0.2, 0.25) is 0 Å². The minimum atomic E-state index is -1.27. The Hall–Kier alpha value is -0.910. The molecule has 0 saturated carbocycles. The molecule has 4 N–H and O–H groups in total. The Kier molecular flexibility index (Phi) is 4.44. The summed E-state index contributed by atoms with van der Waals surface area (Å²) >= 11 is 0. The molecule has 64 valence electrons. The van der Waals surface area contributed by atoms with Gasteiger partial charge in [0.05, 0.1) is 12.7 Å². The second kappa shape index (κ2) is 4.84. The van der Waals surface area contributed by atoms with E-state index >= 15 is 0 Å². The summed E-state index contributed by atoms with van der Waals surface area (Å²) in [6.45, 7) is -1.40. The molecule has 5 nitrogen and oxygen atoms in total. The number of Topliss-reactive ketones (excluding diaryl/α,β-unsaturated/α-hetero) is 1. The molecule has 1 atom stereocenters. The van der Waals surface area contributed by atoms with Crippen LogP contribution in [0.3, 0.4) is 0 Å². The van der Waals surface area contributed by atoms with E-state index in [1.807, 2.05) is 0 Å². The van der Waals surface area contributed by atoms with E-state index in [9.17, 15) is 4.79 Å². The lowest BCUT2D eigenvalue weighted by atomic mass is 10.2. The average Bonchev–Trinajstić information content (AvgIpc) is 2.02. The van der Waals surface area contributed by atoms with Gasteiger partial charge in [0.1, 0.15) is 6.61 Å². The molecule has 0 saturated heterocycles. The summed E-state index contributed by atoms with van der Waals surface area (Å²) in [6.07, 6.45) is -0.510. The molecule has 0 heterocycles. The van der Waals surface area contributed by atoms with Crippen LogP contribution in [0.5, 0.6) is 0 Å². The first-order valence-corrected chi connectivity index (χ1v) is 2.95. The zero-order chi connectivity index (χ0) is 8.85. The minimum Gasteiger partial charge on any atom is -0.504 e. The second-order valence-corrected chi connectivity index (χ2v) is 1.88. The van der Waals surface area contributed by atoms with E-state index in [0.29, 0.717) is 0 Å². The zero-order valence-corrected chi connectivity index (χ0v) is 5.77. The SMILES string of the molecule is O=C(CO)C(O)=CC(O)CO. The number of rotatable bonds is 4. The Morgan fingerprint density at radius 3 is 2.36 bits per heavy atom. The maximum Gasteiger partial charge on any atom is 0.222 e. The van der Waals surface area contributed by atoms with Gasteiger partial charge in [-0.1, -0.05) is 0 Å². The number of hydrogen-bond acceptors (Lipinski definition) is 5. The molecule has 0 aliphatic heterocycles. The van der Waals surface area contributed by atoms with Gasteiger partial charge in [-0.25, -0.2) is 0 Å². The highest BCUT2D eigenvalue weighted by Gasteiger charge is 2.07. The normalized spacial score (nSPS) is 14.6. The molecule has 0 amide bonds. The van der Waals surface area contributed by atoms with Crippen LogP contribution in [0.1, 0.15) is 0 Å². The topological polar surface area (TPSA) is 98.0 Å². The van der Waals surface area contributed by atoms with E-state index < -0.39 is 30.9 Å². The van der Waals surface area contributed by atoms with Crippen LogP contribution in [0, 0.1) is 0 Å². The summed E-state index contributed by atoms with van der Waals surface area (Å²) in [4.78, 5) is 10.4. The third kappa shape index (κ3) is 3.72. The third-order valence-corrected chi connectivity index (χ3v) is 0.967. The molecule has 11 heavy (non-hydrogen) atoms. The summed E-state index contributed by atoms with van der Waals surface area (Å²) in [5, 5.41) is 33.8. The van der Waals surface area contributed by atoms with Crippen molar-refractivity contribution in [3.63, 3.8) is 0 Å². The summed E-state index contributed by atoms with van der Waals surface area (Å²) in [7, 11) is 0. The van der Waals surface area contributed by atoms with Crippen molar-refractivity contribution in [2.75, 3.05) is 13.2 Å². The summed E-state index contributed by atoms with van der Waals surface area (Å²) in [5.41, 5.74) is 0. The molecule has 1 unspecified atom stereocenters. The molecule has 0 aromatic heterocycles. The number of carbonyl (C=O) groups is 1. The van der Waals surface area contributed by atoms with Crippen molar-refractivity contribution < 1.29 is 25.2 Å². The molecular formula is C6H10O5. The fourth-order valence-corrected chi connectivity index (χ4v) is 0.409. The van der Waals surface area contributed by atoms with Crippen LogP contribution in [-0.4, -0.2) is 45.5 Å². The lowest BCUT2D eigenvalue weighted by molar-refractivity contribution is -0.120. The van der Waals surface area contributed by atoms with Gasteiger partial charge >= 0.3 is 0 Å². The van der Waals surface area contributed by atoms with E-state index in [4.69, 9.17) is 20.4 Å². The number of hydrogen-bond donors (Lipinski definition) is 4. The first-order valence-electron chi connectivity index (χ1n) is 2.95. The van der Waals surface area contributed by atoms with Gasteiger partial charge < -0.3 is 20.4 Å². The van der Waals surface area contributed by atoms with E-state index in [0.717, 1.165) is 6.08 Å². The summed E-state index contributed by atoms with van der Waals surface area (Å²) < 4.78 is 0. The van der Waals surface area contributed by atoms with Gasteiger partial charge in [0, 0.05) is 0 Å². The van der Waals surface area contributed by atoms with Crippen molar-refractivity contribution in [3.05, 3.63) is 11.8 Å². The van der Waals surface area contributed by atoms with Crippen LogP contribution in [-0.2, 0) is 4.79 Å². The first-order chi connectivity index (χ1) is 5.11. The van der Waals surface area contributed by atoms with Crippen molar-refractivity contribution in [2.45, 2.75) is 6.10 Å². The smallest absolute Gasteiger partial charge is 0.222 e.